The van der Waals surface area contributed by atoms with E-state index in [1.807, 2.05) is 19.9 Å². The van der Waals surface area contributed by atoms with Crippen LogP contribution in [0.3, 0.4) is 0 Å². The van der Waals surface area contributed by atoms with E-state index in [2.05, 4.69) is 20.6 Å². The van der Waals surface area contributed by atoms with Crippen LogP contribution in [0.5, 0.6) is 0 Å². The third-order valence-electron chi connectivity index (χ3n) is 2.55. The Morgan fingerprint density at radius 1 is 1.30 bits per heavy atom. The molecule has 0 atom stereocenters. The Hall–Kier alpha value is -2.68. The van der Waals surface area contributed by atoms with Gasteiger partial charge in [0.05, 0.1) is 17.3 Å². The van der Waals surface area contributed by atoms with E-state index in [0.717, 1.165) is 5.69 Å². The third kappa shape index (κ3) is 3.20. The first-order chi connectivity index (χ1) is 9.62. The highest BCUT2D eigenvalue weighted by molar-refractivity contribution is 5.59. The average molecular weight is 271 g/mol. The quantitative estimate of drug-likeness (QED) is 0.894. The van der Waals surface area contributed by atoms with Gasteiger partial charge in [-0.2, -0.15) is 10.2 Å². The average Bonchev–Trinajstić information content (AvgIpc) is 2.41. The number of aryl methyl sites for hydroxylation is 1. The van der Waals surface area contributed by atoms with Gasteiger partial charge >= 0.3 is 0 Å². The number of aromatic nitrogens is 2. The van der Waals surface area contributed by atoms with Crippen LogP contribution in [0.4, 0.5) is 21.8 Å². The molecule has 0 saturated heterocycles. The van der Waals surface area contributed by atoms with E-state index in [0.29, 0.717) is 18.3 Å². The number of hydrogen-bond donors (Lipinski definition) is 2. The Labute approximate surface area is 116 Å². The summed E-state index contributed by atoms with van der Waals surface area (Å²) in [5, 5.41) is 14.6. The van der Waals surface area contributed by atoms with Crippen LogP contribution in [0, 0.1) is 24.1 Å². The van der Waals surface area contributed by atoms with Gasteiger partial charge in [-0.3, -0.25) is 0 Å². The van der Waals surface area contributed by atoms with Crippen molar-refractivity contribution in [2.45, 2.75) is 13.8 Å². The molecule has 6 heteroatoms. The van der Waals surface area contributed by atoms with Gasteiger partial charge in [0.2, 0.25) is 5.95 Å². The number of nitriles is 1. The van der Waals surface area contributed by atoms with Crippen LogP contribution in [-0.4, -0.2) is 16.5 Å². The van der Waals surface area contributed by atoms with Crippen molar-refractivity contribution in [2.75, 3.05) is 17.2 Å². The van der Waals surface area contributed by atoms with Crippen LogP contribution < -0.4 is 10.6 Å². The van der Waals surface area contributed by atoms with Crippen molar-refractivity contribution >= 4 is 17.5 Å². The zero-order valence-electron chi connectivity index (χ0n) is 11.2. The van der Waals surface area contributed by atoms with E-state index in [9.17, 15) is 4.39 Å². The molecule has 0 bridgehead atoms. The van der Waals surface area contributed by atoms with Crippen molar-refractivity contribution < 1.29 is 4.39 Å². The van der Waals surface area contributed by atoms with E-state index >= 15 is 0 Å². The SMILES string of the molecule is CCNc1nc(C)cc(Nc2ccc(C#N)cc2F)n1. The molecular weight excluding hydrogens is 257 g/mol. The van der Waals surface area contributed by atoms with E-state index in [4.69, 9.17) is 5.26 Å². The first-order valence-corrected chi connectivity index (χ1v) is 6.18. The van der Waals surface area contributed by atoms with Gasteiger partial charge in [0, 0.05) is 18.3 Å². The molecule has 0 aliphatic carbocycles. The molecule has 0 spiro atoms. The van der Waals surface area contributed by atoms with Crippen molar-refractivity contribution in [1.29, 1.82) is 5.26 Å². The predicted octanol–water partition coefficient (Wildman–Crippen LogP) is 2.97. The summed E-state index contributed by atoms with van der Waals surface area (Å²) in [6, 6.07) is 7.85. The number of benzene rings is 1. The fourth-order valence-corrected chi connectivity index (χ4v) is 1.69. The predicted molar refractivity (Wildman–Crippen MR) is 75.3 cm³/mol. The molecule has 102 valence electrons. The molecule has 0 radical (unpaired) electrons. The van der Waals surface area contributed by atoms with E-state index in [-0.39, 0.29) is 11.3 Å². The molecule has 0 aliphatic rings. The molecule has 0 unspecified atom stereocenters. The van der Waals surface area contributed by atoms with Crippen LogP contribution in [0.1, 0.15) is 18.2 Å². The minimum Gasteiger partial charge on any atom is -0.354 e. The molecule has 1 aromatic carbocycles. The van der Waals surface area contributed by atoms with Crippen molar-refractivity contribution in [1.82, 2.24) is 9.97 Å². The molecule has 2 aromatic rings. The van der Waals surface area contributed by atoms with Crippen molar-refractivity contribution in [3.63, 3.8) is 0 Å². The number of nitrogens with zero attached hydrogens (tertiary/aromatic N) is 3. The third-order valence-corrected chi connectivity index (χ3v) is 2.55. The summed E-state index contributed by atoms with van der Waals surface area (Å²) in [7, 11) is 0. The van der Waals surface area contributed by atoms with Crippen molar-refractivity contribution in [3.05, 3.63) is 41.3 Å². The van der Waals surface area contributed by atoms with Crippen LogP contribution in [0.2, 0.25) is 0 Å². The fourth-order valence-electron chi connectivity index (χ4n) is 1.69. The summed E-state index contributed by atoms with van der Waals surface area (Å²) < 4.78 is 13.8. The van der Waals surface area contributed by atoms with Gasteiger partial charge in [0.1, 0.15) is 11.6 Å². The number of rotatable bonds is 4. The molecule has 5 nitrogen and oxygen atoms in total. The van der Waals surface area contributed by atoms with Gasteiger partial charge in [-0.1, -0.05) is 0 Å². The normalized spacial score (nSPS) is 9.90. The molecule has 2 N–H and O–H groups in total. The maximum absolute atomic E-state index is 13.8. The van der Waals surface area contributed by atoms with Gasteiger partial charge in [-0.25, -0.2) is 9.37 Å². The standard InChI is InChI=1S/C14H14FN5/c1-3-17-14-18-9(2)6-13(20-14)19-12-5-4-10(8-16)7-11(12)15/h4-7H,3H2,1-2H3,(H2,17,18,19,20). The van der Waals surface area contributed by atoms with E-state index in [1.54, 1.807) is 12.1 Å². The highest BCUT2D eigenvalue weighted by Gasteiger charge is 2.06. The van der Waals surface area contributed by atoms with E-state index < -0.39 is 5.82 Å². The molecule has 1 aromatic heterocycles. The fraction of sp³-hybridized carbons (Fsp3) is 0.214. The smallest absolute Gasteiger partial charge is 0.224 e. The lowest BCUT2D eigenvalue weighted by Crippen LogP contribution is -2.05. The Morgan fingerprint density at radius 2 is 2.10 bits per heavy atom. The molecule has 0 amide bonds. The molecule has 0 saturated carbocycles. The largest absolute Gasteiger partial charge is 0.354 e. The second-order valence-corrected chi connectivity index (χ2v) is 4.18. The van der Waals surface area contributed by atoms with Gasteiger partial charge in [-0.15, -0.1) is 0 Å². The topological polar surface area (TPSA) is 73.6 Å². The Morgan fingerprint density at radius 3 is 2.75 bits per heavy atom. The molecule has 1 heterocycles. The van der Waals surface area contributed by atoms with Crippen LogP contribution in [-0.2, 0) is 0 Å². The highest BCUT2D eigenvalue weighted by Crippen LogP contribution is 2.20. The molecule has 20 heavy (non-hydrogen) atoms. The Bertz CT molecular complexity index is 663. The van der Waals surface area contributed by atoms with Crippen molar-refractivity contribution in [2.24, 2.45) is 0 Å². The zero-order chi connectivity index (χ0) is 14.5. The second-order valence-electron chi connectivity index (χ2n) is 4.18. The number of nitrogens with one attached hydrogen (secondary N) is 2. The summed E-state index contributed by atoms with van der Waals surface area (Å²) in [5.74, 6) is 0.492. The summed E-state index contributed by atoms with van der Waals surface area (Å²) in [4.78, 5) is 8.45. The maximum atomic E-state index is 13.8. The van der Waals surface area contributed by atoms with Gasteiger partial charge < -0.3 is 10.6 Å². The Kier molecular flexibility index (Phi) is 4.11. The minimum atomic E-state index is -0.495. The lowest BCUT2D eigenvalue weighted by molar-refractivity contribution is 0.631. The number of halogens is 1. The number of hydrogen-bond acceptors (Lipinski definition) is 5. The van der Waals surface area contributed by atoms with Crippen LogP contribution >= 0.6 is 0 Å². The van der Waals surface area contributed by atoms with E-state index in [1.165, 1.54) is 12.1 Å². The van der Waals surface area contributed by atoms with Crippen LogP contribution in [0.15, 0.2) is 24.3 Å². The maximum Gasteiger partial charge on any atom is 0.224 e. The first-order valence-electron chi connectivity index (χ1n) is 6.18. The Balaban J connectivity index is 2.28. The first kappa shape index (κ1) is 13.7. The molecular formula is C14H14FN5. The van der Waals surface area contributed by atoms with Gasteiger partial charge in [-0.05, 0) is 32.0 Å². The summed E-state index contributed by atoms with van der Waals surface area (Å²) in [5.41, 5.74) is 1.32. The summed E-state index contributed by atoms with van der Waals surface area (Å²) in [6.07, 6.45) is 0. The zero-order valence-corrected chi connectivity index (χ0v) is 11.2. The minimum absolute atomic E-state index is 0.268. The molecule has 0 fully saturated rings. The monoisotopic (exact) mass is 271 g/mol. The lowest BCUT2D eigenvalue weighted by atomic mass is 10.2. The van der Waals surface area contributed by atoms with Crippen LogP contribution in [0.25, 0.3) is 0 Å². The molecule has 2 rings (SSSR count). The van der Waals surface area contributed by atoms with Gasteiger partial charge in [0.25, 0.3) is 0 Å². The highest BCUT2D eigenvalue weighted by atomic mass is 19.1. The number of anilines is 3. The van der Waals surface area contributed by atoms with Crippen molar-refractivity contribution in [3.8, 4) is 6.07 Å². The van der Waals surface area contributed by atoms with Gasteiger partial charge in [0.15, 0.2) is 0 Å². The second kappa shape index (κ2) is 5.97. The molecule has 0 aliphatic heterocycles. The lowest BCUT2D eigenvalue weighted by Gasteiger charge is -2.09. The summed E-state index contributed by atoms with van der Waals surface area (Å²) >= 11 is 0. The summed E-state index contributed by atoms with van der Waals surface area (Å²) in [6.45, 7) is 4.48.